The minimum absolute atomic E-state index is 0.0950. The summed E-state index contributed by atoms with van der Waals surface area (Å²) in [6.07, 6.45) is 0. The maximum absolute atomic E-state index is 14.0. The minimum atomic E-state index is -4.67. The van der Waals surface area contributed by atoms with Gasteiger partial charge < -0.3 is 20.9 Å². The molecule has 11 nitrogen and oxygen atoms in total. The number of nitrogens with two attached hydrogens (primary N) is 1. The number of fused-ring (bicyclic) bond motifs is 1. The topological polar surface area (TPSA) is 179 Å². The predicted octanol–water partition coefficient (Wildman–Crippen LogP) is 3.98. The Morgan fingerprint density at radius 3 is 2.36 bits per heavy atom. The van der Waals surface area contributed by atoms with E-state index in [0.717, 1.165) is 5.56 Å². The zero-order valence-electron chi connectivity index (χ0n) is 22.9. The van der Waals surface area contributed by atoms with Gasteiger partial charge in [-0.3, -0.25) is 9.59 Å². The molecule has 13 heteroatoms. The quantitative estimate of drug-likeness (QED) is 0.175. The van der Waals surface area contributed by atoms with E-state index < -0.39 is 44.2 Å². The molecule has 1 aromatic heterocycles. The summed E-state index contributed by atoms with van der Waals surface area (Å²) in [7, 11) is -4.67. The monoisotopic (exact) mass is 629 g/mol. The maximum Gasteiger partial charge on any atom is 0.307 e. The van der Waals surface area contributed by atoms with Gasteiger partial charge in [-0.25, -0.2) is 18.4 Å². The molecule has 0 saturated heterocycles. The van der Waals surface area contributed by atoms with Crippen molar-refractivity contribution in [3.05, 3.63) is 129 Å². The van der Waals surface area contributed by atoms with Crippen molar-refractivity contribution in [1.29, 1.82) is 0 Å². The fourth-order valence-electron chi connectivity index (χ4n) is 5.09. The van der Waals surface area contributed by atoms with Crippen molar-refractivity contribution in [2.75, 3.05) is 5.73 Å². The van der Waals surface area contributed by atoms with Crippen molar-refractivity contribution in [3.63, 3.8) is 0 Å². The van der Waals surface area contributed by atoms with E-state index >= 15 is 0 Å². The molecule has 0 saturated carbocycles. The molecular formula is C31H24ClN5O6S. The Bertz CT molecular complexity index is 2170. The number of anilines is 1. The van der Waals surface area contributed by atoms with Crippen LogP contribution < -0.4 is 16.1 Å². The van der Waals surface area contributed by atoms with E-state index in [1.54, 1.807) is 48.5 Å². The number of nitrogens with zero attached hydrogens (tertiary/aromatic N) is 2. The fourth-order valence-corrected chi connectivity index (χ4v) is 6.48. The summed E-state index contributed by atoms with van der Waals surface area (Å²) in [5.41, 5.74) is 3.83. The Balaban J connectivity index is 1.53. The number of nitrogen functional groups attached to an aromatic ring is 1. The third kappa shape index (κ3) is 4.79. The van der Waals surface area contributed by atoms with Gasteiger partial charge in [0.15, 0.2) is 5.76 Å². The molecule has 1 aliphatic heterocycles. The number of hydrazine groups is 1. The smallest absolute Gasteiger partial charge is 0.307 e. The van der Waals surface area contributed by atoms with Gasteiger partial charge in [0.1, 0.15) is 5.69 Å². The van der Waals surface area contributed by atoms with E-state index in [-0.39, 0.29) is 32.2 Å². The van der Waals surface area contributed by atoms with Crippen LogP contribution in [0.25, 0.3) is 27.7 Å². The number of amides is 1. The molecule has 0 spiro atoms. The number of halogens is 1. The summed E-state index contributed by atoms with van der Waals surface area (Å²) in [6.45, 7) is 1.88. The zero-order chi connectivity index (χ0) is 31.4. The van der Waals surface area contributed by atoms with Gasteiger partial charge in [-0.2, -0.15) is 0 Å². The number of H-pyrrole nitrogens is 1. The number of aromatic nitrogens is 2. The summed E-state index contributed by atoms with van der Waals surface area (Å²) in [5, 5.41) is 24.1. The molecule has 0 radical (unpaired) electrons. The Labute approximate surface area is 255 Å². The number of carbonyl (C=O) groups is 1. The first kappa shape index (κ1) is 29.1. The lowest BCUT2D eigenvalue weighted by Crippen LogP contribution is -2.55. The van der Waals surface area contributed by atoms with Crippen molar-refractivity contribution in [1.82, 2.24) is 19.8 Å². The lowest BCUT2D eigenvalue weighted by molar-refractivity contribution is -0.148. The Morgan fingerprint density at radius 2 is 1.66 bits per heavy atom. The van der Waals surface area contributed by atoms with Gasteiger partial charge in [0, 0.05) is 21.8 Å². The van der Waals surface area contributed by atoms with Gasteiger partial charge >= 0.3 is 5.91 Å². The normalized spacial score (nSPS) is 17.1. The number of rotatable bonds is 6. The van der Waals surface area contributed by atoms with Gasteiger partial charge in [-0.15, -0.1) is 4.83 Å². The molecule has 2 heterocycles. The van der Waals surface area contributed by atoms with Crippen LogP contribution in [0.3, 0.4) is 0 Å². The molecule has 6 rings (SSSR count). The highest BCUT2D eigenvalue weighted by molar-refractivity contribution is 7.89. The zero-order valence-corrected chi connectivity index (χ0v) is 24.5. The van der Waals surface area contributed by atoms with E-state index in [1.165, 1.54) is 42.5 Å². The molecule has 1 unspecified atom stereocenters. The van der Waals surface area contributed by atoms with Crippen molar-refractivity contribution in [3.8, 4) is 11.1 Å². The van der Waals surface area contributed by atoms with Crippen molar-refractivity contribution in [2.45, 2.75) is 17.5 Å². The Kier molecular flexibility index (Phi) is 7.01. The Morgan fingerprint density at radius 1 is 0.977 bits per heavy atom. The first-order chi connectivity index (χ1) is 20.9. The summed E-state index contributed by atoms with van der Waals surface area (Å²) in [6, 6.07) is 23.1. The summed E-state index contributed by atoms with van der Waals surface area (Å²) >= 11 is 6.07. The van der Waals surface area contributed by atoms with Gasteiger partial charge in [0.05, 0.1) is 21.5 Å². The molecule has 44 heavy (non-hydrogen) atoms. The fraction of sp³-hybridized carbons (Fsp3) is 0.0645. The maximum atomic E-state index is 14.0. The second-order valence-electron chi connectivity index (χ2n) is 10.2. The molecule has 6 N–H and O–H groups in total. The summed E-state index contributed by atoms with van der Waals surface area (Å²) < 4.78 is 28.0. The number of aromatic amines is 1. The van der Waals surface area contributed by atoms with Crippen LogP contribution in [0.4, 0.5) is 5.69 Å². The van der Waals surface area contributed by atoms with E-state index in [1.807, 2.05) is 6.92 Å². The van der Waals surface area contributed by atoms with Gasteiger partial charge in [-0.05, 0) is 55.0 Å². The summed E-state index contributed by atoms with van der Waals surface area (Å²) in [5.74, 6) is -2.42. The second kappa shape index (κ2) is 10.6. The summed E-state index contributed by atoms with van der Waals surface area (Å²) in [4.78, 5) is 35.7. The number of aliphatic hydroxyl groups is 2. The average molecular weight is 630 g/mol. The molecule has 1 atom stereocenters. The minimum Gasteiger partial charge on any atom is -0.503 e. The molecule has 4 aromatic carbocycles. The first-order valence-corrected chi connectivity index (χ1v) is 15.0. The standard InChI is InChI=1S/C31H24ClN5O6S/c1-17-6-8-18(9-7-17)22-16-21(33)14-15-25(22)44(42,43)36-37-30(40)28(38)26(31(37,41)19-10-12-20(32)13-11-19)27-29(39)35-24-5-3-2-4-23(24)34-27/h2-16,36,38,41H,33H2,1H3,(H,35,39). The largest absolute Gasteiger partial charge is 0.503 e. The van der Waals surface area contributed by atoms with Crippen LogP contribution in [0.15, 0.2) is 106 Å². The molecule has 0 fully saturated rings. The average Bonchev–Trinajstić information content (AvgIpc) is 3.17. The third-order valence-electron chi connectivity index (χ3n) is 7.26. The lowest BCUT2D eigenvalue weighted by atomic mass is 9.93. The van der Waals surface area contributed by atoms with Crippen molar-refractivity contribution < 1.29 is 23.4 Å². The molecule has 0 bridgehead atoms. The number of hydrogen-bond donors (Lipinski definition) is 5. The van der Waals surface area contributed by atoms with Crippen LogP contribution in [-0.2, 0) is 20.5 Å². The van der Waals surface area contributed by atoms with Crippen LogP contribution in [0.2, 0.25) is 5.02 Å². The highest BCUT2D eigenvalue weighted by Crippen LogP contribution is 2.45. The molecule has 1 aliphatic rings. The number of benzene rings is 4. The second-order valence-corrected chi connectivity index (χ2v) is 12.3. The third-order valence-corrected chi connectivity index (χ3v) is 8.87. The number of para-hydroxylation sites is 2. The highest BCUT2D eigenvalue weighted by Gasteiger charge is 2.56. The van der Waals surface area contributed by atoms with Crippen LogP contribution in [0.5, 0.6) is 0 Å². The number of sulfonamides is 1. The number of hydrogen-bond acceptors (Lipinski definition) is 8. The number of carbonyl (C=O) groups excluding carboxylic acids is 1. The SMILES string of the molecule is Cc1ccc(-c2cc(N)ccc2S(=O)(=O)NN2C(=O)C(O)=C(c3nc4ccccc4[nH]c3=O)C2(O)c2ccc(Cl)cc2)cc1. The van der Waals surface area contributed by atoms with Gasteiger partial charge in [0.2, 0.25) is 5.72 Å². The van der Waals surface area contributed by atoms with E-state index in [9.17, 15) is 28.2 Å². The van der Waals surface area contributed by atoms with E-state index in [0.29, 0.717) is 16.1 Å². The molecule has 1 amide bonds. The van der Waals surface area contributed by atoms with Gasteiger partial charge in [0.25, 0.3) is 15.6 Å². The number of aryl methyl sites for hydroxylation is 1. The van der Waals surface area contributed by atoms with Crippen LogP contribution in [-0.4, -0.2) is 39.5 Å². The number of aliphatic hydroxyl groups excluding tert-OH is 1. The first-order valence-electron chi connectivity index (χ1n) is 13.2. The molecule has 5 aromatic rings. The van der Waals surface area contributed by atoms with Crippen LogP contribution >= 0.6 is 11.6 Å². The van der Waals surface area contributed by atoms with Crippen LogP contribution in [0, 0.1) is 6.92 Å². The molecular weight excluding hydrogens is 606 g/mol. The van der Waals surface area contributed by atoms with Gasteiger partial charge in [-0.1, -0.05) is 65.7 Å². The highest BCUT2D eigenvalue weighted by atomic mass is 35.5. The van der Waals surface area contributed by atoms with Crippen molar-refractivity contribution >= 4 is 49.8 Å². The molecule has 222 valence electrons. The Hall–Kier alpha value is -5.01. The predicted molar refractivity (Wildman–Crippen MR) is 165 cm³/mol. The number of nitrogens with one attached hydrogen (secondary N) is 2. The van der Waals surface area contributed by atoms with Crippen LogP contribution in [0.1, 0.15) is 16.8 Å². The van der Waals surface area contributed by atoms with E-state index in [4.69, 9.17) is 17.3 Å². The van der Waals surface area contributed by atoms with E-state index in [2.05, 4.69) is 14.8 Å². The lowest BCUT2D eigenvalue weighted by Gasteiger charge is -2.35. The van der Waals surface area contributed by atoms with Crippen molar-refractivity contribution in [2.24, 2.45) is 0 Å². The molecule has 0 aliphatic carbocycles.